The molecule has 0 aliphatic heterocycles. The normalized spacial score (nSPS) is 10.9. The number of aromatic nitrogens is 4. The Kier molecular flexibility index (Phi) is 4.87. The third-order valence-electron chi connectivity index (χ3n) is 5.04. The third kappa shape index (κ3) is 3.58. The first-order chi connectivity index (χ1) is 15.6. The van der Waals surface area contributed by atoms with Crippen LogP contribution in [0.1, 0.15) is 16.2 Å². The number of anilines is 1. The zero-order chi connectivity index (χ0) is 22.1. The summed E-state index contributed by atoms with van der Waals surface area (Å²) in [4.78, 5) is 17.1. The molecule has 5 aromatic rings. The maximum atomic E-state index is 12.5. The Bertz CT molecular complexity index is 1430. The number of carbonyl (C=O) groups is 1. The SMILES string of the molecule is COc1ccc(C(=O)Nc2ccc(Oc3nc4ccccc4n4c(C)nnc34)cc2)cc1. The largest absolute Gasteiger partial charge is 0.497 e. The average molecular weight is 425 g/mol. The number of para-hydroxylation sites is 2. The van der Waals surface area contributed by atoms with Crippen molar-refractivity contribution in [2.45, 2.75) is 6.92 Å². The van der Waals surface area contributed by atoms with Crippen LogP contribution in [0.2, 0.25) is 0 Å². The lowest BCUT2D eigenvalue weighted by Crippen LogP contribution is -2.11. The van der Waals surface area contributed by atoms with Crippen LogP contribution in [0.15, 0.2) is 72.8 Å². The molecule has 0 bridgehead atoms. The van der Waals surface area contributed by atoms with Crippen LogP contribution >= 0.6 is 0 Å². The zero-order valence-corrected chi connectivity index (χ0v) is 17.4. The highest BCUT2D eigenvalue weighted by Crippen LogP contribution is 2.28. The maximum Gasteiger partial charge on any atom is 0.266 e. The van der Waals surface area contributed by atoms with Gasteiger partial charge in [0.2, 0.25) is 5.65 Å². The van der Waals surface area contributed by atoms with Gasteiger partial charge in [0.1, 0.15) is 17.3 Å². The van der Waals surface area contributed by atoms with Crippen molar-refractivity contribution < 1.29 is 14.3 Å². The topological polar surface area (TPSA) is 90.6 Å². The molecule has 1 amide bonds. The van der Waals surface area contributed by atoms with Crippen molar-refractivity contribution >= 4 is 28.3 Å². The van der Waals surface area contributed by atoms with E-state index in [4.69, 9.17) is 9.47 Å². The van der Waals surface area contributed by atoms with Crippen molar-refractivity contribution in [3.63, 3.8) is 0 Å². The van der Waals surface area contributed by atoms with Crippen molar-refractivity contribution in [1.29, 1.82) is 0 Å². The summed E-state index contributed by atoms with van der Waals surface area (Å²) in [6.45, 7) is 1.89. The number of aryl methyl sites for hydroxylation is 1. The van der Waals surface area contributed by atoms with Gasteiger partial charge < -0.3 is 14.8 Å². The van der Waals surface area contributed by atoms with Crippen LogP contribution in [-0.2, 0) is 0 Å². The summed E-state index contributed by atoms with van der Waals surface area (Å²) < 4.78 is 13.1. The highest BCUT2D eigenvalue weighted by molar-refractivity contribution is 6.04. The molecule has 0 fully saturated rings. The number of amides is 1. The van der Waals surface area contributed by atoms with Crippen molar-refractivity contribution in [3.8, 4) is 17.4 Å². The van der Waals surface area contributed by atoms with E-state index in [2.05, 4.69) is 20.5 Å². The van der Waals surface area contributed by atoms with E-state index in [1.165, 1.54) is 0 Å². The Labute approximate surface area is 183 Å². The lowest BCUT2D eigenvalue weighted by molar-refractivity contribution is 0.102. The Morgan fingerprint density at radius 2 is 1.62 bits per heavy atom. The van der Waals surface area contributed by atoms with Crippen LogP contribution in [0.5, 0.6) is 17.4 Å². The molecule has 0 saturated carbocycles. The number of benzene rings is 3. The van der Waals surface area contributed by atoms with E-state index in [1.54, 1.807) is 55.6 Å². The summed E-state index contributed by atoms with van der Waals surface area (Å²) in [5.74, 6) is 2.16. The number of nitrogens with one attached hydrogen (secondary N) is 1. The van der Waals surface area contributed by atoms with E-state index >= 15 is 0 Å². The Hall–Kier alpha value is -4.46. The fourth-order valence-electron chi connectivity index (χ4n) is 3.43. The van der Waals surface area contributed by atoms with Gasteiger partial charge in [-0.15, -0.1) is 10.2 Å². The number of hydrogen-bond acceptors (Lipinski definition) is 6. The molecule has 158 valence electrons. The van der Waals surface area contributed by atoms with E-state index in [-0.39, 0.29) is 5.91 Å². The van der Waals surface area contributed by atoms with Crippen molar-refractivity contribution in [1.82, 2.24) is 19.6 Å². The van der Waals surface area contributed by atoms with Gasteiger partial charge in [-0.1, -0.05) is 12.1 Å². The predicted octanol–water partition coefficient (Wildman–Crippen LogP) is 4.64. The highest BCUT2D eigenvalue weighted by Gasteiger charge is 2.15. The smallest absolute Gasteiger partial charge is 0.266 e. The summed E-state index contributed by atoms with van der Waals surface area (Å²) >= 11 is 0. The average Bonchev–Trinajstić information content (AvgIpc) is 3.22. The van der Waals surface area contributed by atoms with Gasteiger partial charge in [-0.2, -0.15) is 0 Å². The van der Waals surface area contributed by atoms with E-state index < -0.39 is 0 Å². The molecule has 3 aromatic carbocycles. The standard InChI is InChI=1S/C24H19N5O3/c1-15-27-28-22-24(26-20-5-3-4-6-21(20)29(15)22)32-19-13-9-17(10-14-19)25-23(30)16-7-11-18(31-2)12-8-16/h3-14H,1-2H3,(H,25,30). The van der Waals surface area contributed by atoms with Gasteiger partial charge in [0.05, 0.1) is 18.1 Å². The molecule has 0 aliphatic rings. The minimum Gasteiger partial charge on any atom is -0.497 e. The molecule has 0 spiro atoms. The molecule has 5 rings (SSSR count). The van der Waals surface area contributed by atoms with Crippen LogP contribution in [0.25, 0.3) is 16.7 Å². The molecule has 0 aliphatic carbocycles. The second-order valence-electron chi connectivity index (χ2n) is 7.12. The highest BCUT2D eigenvalue weighted by atomic mass is 16.5. The van der Waals surface area contributed by atoms with Crippen molar-refractivity contribution in [2.75, 3.05) is 12.4 Å². The summed E-state index contributed by atoms with van der Waals surface area (Å²) in [6, 6.07) is 21.7. The van der Waals surface area contributed by atoms with E-state index in [0.29, 0.717) is 34.3 Å². The van der Waals surface area contributed by atoms with Gasteiger partial charge in [-0.3, -0.25) is 9.20 Å². The Morgan fingerprint density at radius 3 is 2.38 bits per heavy atom. The molecular weight excluding hydrogens is 406 g/mol. The van der Waals surface area contributed by atoms with E-state index in [9.17, 15) is 4.79 Å². The van der Waals surface area contributed by atoms with Gasteiger partial charge in [-0.25, -0.2) is 4.98 Å². The summed E-state index contributed by atoms with van der Waals surface area (Å²) in [5.41, 5.74) is 3.41. The summed E-state index contributed by atoms with van der Waals surface area (Å²) in [5, 5.41) is 11.3. The molecule has 0 unspecified atom stereocenters. The first-order valence-electron chi connectivity index (χ1n) is 9.96. The molecule has 0 saturated heterocycles. The molecule has 32 heavy (non-hydrogen) atoms. The van der Waals surface area contributed by atoms with E-state index in [1.807, 2.05) is 35.6 Å². The van der Waals surface area contributed by atoms with Gasteiger partial charge >= 0.3 is 0 Å². The number of rotatable bonds is 5. The van der Waals surface area contributed by atoms with Crippen LogP contribution < -0.4 is 14.8 Å². The molecule has 0 radical (unpaired) electrons. The van der Waals surface area contributed by atoms with Gasteiger partial charge in [-0.05, 0) is 67.6 Å². The number of nitrogens with zero attached hydrogens (tertiary/aromatic N) is 4. The zero-order valence-electron chi connectivity index (χ0n) is 17.4. The number of ether oxygens (including phenoxy) is 2. The second-order valence-corrected chi connectivity index (χ2v) is 7.12. The molecule has 2 heterocycles. The van der Waals surface area contributed by atoms with E-state index in [0.717, 1.165) is 16.9 Å². The minimum absolute atomic E-state index is 0.210. The molecular formula is C24H19N5O3. The second kappa shape index (κ2) is 7.99. The number of carbonyl (C=O) groups excluding carboxylic acids is 1. The monoisotopic (exact) mass is 425 g/mol. The molecule has 0 atom stereocenters. The lowest BCUT2D eigenvalue weighted by Gasteiger charge is -2.10. The van der Waals surface area contributed by atoms with Crippen molar-refractivity contribution in [2.24, 2.45) is 0 Å². The van der Waals surface area contributed by atoms with Crippen LogP contribution in [0.4, 0.5) is 5.69 Å². The van der Waals surface area contributed by atoms with Crippen LogP contribution in [-0.4, -0.2) is 32.6 Å². The first kappa shape index (κ1) is 19.5. The molecule has 1 N–H and O–H groups in total. The fraction of sp³-hybridized carbons (Fsp3) is 0.0833. The Balaban J connectivity index is 1.37. The lowest BCUT2D eigenvalue weighted by atomic mass is 10.2. The third-order valence-corrected chi connectivity index (χ3v) is 5.04. The number of hydrogen-bond donors (Lipinski definition) is 1. The quantitative estimate of drug-likeness (QED) is 0.441. The van der Waals surface area contributed by atoms with Crippen LogP contribution in [0, 0.1) is 6.92 Å². The van der Waals surface area contributed by atoms with Crippen molar-refractivity contribution in [3.05, 3.63) is 84.2 Å². The summed E-state index contributed by atoms with van der Waals surface area (Å²) in [7, 11) is 1.58. The summed E-state index contributed by atoms with van der Waals surface area (Å²) in [6.07, 6.45) is 0. The molecule has 8 heteroatoms. The molecule has 2 aromatic heterocycles. The minimum atomic E-state index is -0.210. The number of methoxy groups -OCH3 is 1. The van der Waals surface area contributed by atoms with Gasteiger partial charge in [0, 0.05) is 11.3 Å². The first-order valence-corrected chi connectivity index (χ1v) is 9.96. The molecule has 8 nitrogen and oxygen atoms in total. The Morgan fingerprint density at radius 1 is 0.906 bits per heavy atom. The maximum absolute atomic E-state index is 12.5. The number of fused-ring (bicyclic) bond motifs is 3. The van der Waals surface area contributed by atoms with Gasteiger partial charge in [0.25, 0.3) is 11.8 Å². The van der Waals surface area contributed by atoms with Crippen LogP contribution in [0.3, 0.4) is 0 Å². The fourth-order valence-corrected chi connectivity index (χ4v) is 3.43. The van der Waals surface area contributed by atoms with Gasteiger partial charge in [0.15, 0.2) is 0 Å². The predicted molar refractivity (Wildman–Crippen MR) is 120 cm³/mol.